The maximum atomic E-state index is 5.51. The van der Waals surface area contributed by atoms with E-state index in [1.54, 1.807) is 0 Å². The summed E-state index contributed by atoms with van der Waals surface area (Å²) in [6, 6.07) is 8.50. The molecule has 0 aliphatic carbocycles. The summed E-state index contributed by atoms with van der Waals surface area (Å²) in [5, 5.41) is 7.43. The molecule has 0 radical (unpaired) electrons. The van der Waals surface area contributed by atoms with Gasteiger partial charge in [0.25, 0.3) is 0 Å². The predicted molar refractivity (Wildman–Crippen MR) is 71.5 cm³/mol. The van der Waals surface area contributed by atoms with Crippen LogP contribution < -0.4 is 5.32 Å². The molecule has 3 rings (SSSR count). The molecular formula is C15H18N2O. The van der Waals surface area contributed by atoms with E-state index in [1.807, 2.05) is 6.20 Å². The molecule has 1 N–H and O–H groups in total. The van der Waals surface area contributed by atoms with Gasteiger partial charge in [0.2, 0.25) is 0 Å². The minimum atomic E-state index is 0.455. The summed E-state index contributed by atoms with van der Waals surface area (Å²) in [4.78, 5) is 0. The number of aromatic nitrogens is 1. The van der Waals surface area contributed by atoms with Crippen molar-refractivity contribution in [2.45, 2.75) is 25.7 Å². The van der Waals surface area contributed by atoms with Gasteiger partial charge in [0.1, 0.15) is 5.76 Å². The Kier molecular flexibility index (Phi) is 3.15. The average molecular weight is 242 g/mol. The number of aryl methyl sites for hydroxylation is 1. The van der Waals surface area contributed by atoms with Crippen molar-refractivity contribution < 1.29 is 4.52 Å². The Bertz CT molecular complexity index is 527. The van der Waals surface area contributed by atoms with Gasteiger partial charge >= 0.3 is 0 Å². The molecule has 2 heterocycles. The van der Waals surface area contributed by atoms with E-state index in [2.05, 4.69) is 41.7 Å². The first kappa shape index (κ1) is 11.5. The monoisotopic (exact) mass is 242 g/mol. The lowest BCUT2D eigenvalue weighted by atomic mass is 9.92. The number of hydrogen-bond donors (Lipinski definition) is 1. The zero-order valence-corrected chi connectivity index (χ0v) is 10.6. The standard InChI is InChI=1S/C15H18N2O/c1-11-4-2-5-12(8-11)14-10-17-18-15(14)13-6-3-7-16-9-13/h2,4-5,8,10,13,16H,3,6-7,9H2,1H3. The summed E-state index contributed by atoms with van der Waals surface area (Å²) in [6.45, 7) is 4.22. The molecule has 94 valence electrons. The van der Waals surface area contributed by atoms with Gasteiger partial charge in [-0.05, 0) is 31.9 Å². The van der Waals surface area contributed by atoms with Crippen LogP contribution in [0.4, 0.5) is 0 Å². The maximum absolute atomic E-state index is 5.51. The quantitative estimate of drug-likeness (QED) is 0.879. The van der Waals surface area contributed by atoms with Gasteiger partial charge in [-0.25, -0.2) is 0 Å². The highest BCUT2D eigenvalue weighted by Gasteiger charge is 2.22. The van der Waals surface area contributed by atoms with E-state index in [0.29, 0.717) is 5.92 Å². The van der Waals surface area contributed by atoms with Crippen LogP contribution in [0.2, 0.25) is 0 Å². The largest absolute Gasteiger partial charge is 0.360 e. The predicted octanol–water partition coefficient (Wildman–Crippen LogP) is 3.12. The van der Waals surface area contributed by atoms with E-state index in [-0.39, 0.29) is 0 Å². The summed E-state index contributed by atoms with van der Waals surface area (Å²) in [5.74, 6) is 1.49. The molecule has 3 heteroatoms. The molecule has 18 heavy (non-hydrogen) atoms. The molecule has 1 aromatic heterocycles. The van der Waals surface area contributed by atoms with Crippen molar-refractivity contribution in [3.8, 4) is 11.1 Å². The van der Waals surface area contributed by atoms with Gasteiger partial charge in [-0.2, -0.15) is 0 Å². The normalized spacial score (nSPS) is 19.9. The maximum Gasteiger partial charge on any atom is 0.148 e. The molecule has 1 fully saturated rings. The Balaban J connectivity index is 1.95. The number of benzene rings is 1. The van der Waals surface area contributed by atoms with Crippen LogP contribution in [-0.4, -0.2) is 18.2 Å². The van der Waals surface area contributed by atoms with Crippen LogP contribution in [0.15, 0.2) is 35.0 Å². The first-order valence-corrected chi connectivity index (χ1v) is 6.57. The Morgan fingerprint density at radius 3 is 3.11 bits per heavy atom. The van der Waals surface area contributed by atoms with Crippen LogP contribution >= 0.6 is 0 Å². The van der Waals surface area contributed by atoms with Crippen LogP contribution in [0, 0.1) is 6.92 Å². The van der Waals surface area contributed by atoms with Gasteiger partial charge in [-0.15, -0.1) is 0 Å². The topological polar surface area (TPSA) is 38.1 Å². The van der Waals surface area contributed by atoms with Crippen molar-refractivity contribution >= 4 is 0 Å². The summed E-state index contributed by atoms with van der Waals surface area (Å²) in [7, 11) is 0. The van der Waals surface area contributed by atoms with Gasteiger partial charge in [0.15, 0.2) is 0 Å². The lowest BCUT2D eigenvalue weighted by Crippen LogP contribution is -2.28. The van der Waals surface area contributed by atoms with E-state index in [1.165, 1.54) is 24.0 Å². The molecule has 0 spiro atoms. The Hall–Kier alpha value is -1.61. The van der Waals surface area contributed by atoms with Gasteiger partial charge < -0.3 is 9.84 Å². The fourth-order valence-electron chi connectivity index (χ4n) is 2.65. The Labute approximate surface area is 107 Å². The van der Waals surface area contributed by atoms with Crippen molar-refractivity contribution in [1.82, 2.24) is 10.5 Å². The van der Waals surface area contributed by atoms with E-state index in [4.69, 9.17) is 4.52 Å². The highest BCUT2D eigenvalue weighted by Crippen LogP contribution is 2.32. The van der Waals surface area contributed by atoms with E-state index < -0.39 is 0 Å². The summed E-state index contributed by atoms with van der Waals surface area (Å²) >= 11 is 0. The first-order valence-electron chi connectivity index (χ1n) is 6.57. The van der Waals surface area contributed by atoms with Crippen molar-refractivity contribution in [2.75, 3.05) is 13.1 Å². The number of nitrogens with zero attached hydrogens (tertiary/aromatic N) is 1. The molecule has 1 aliphatic heterocycles. The fourth-order valence-corrected chi connectivity index (χ4v) is 2.65. The molecule has 1 unspecified atom stereocenters. The highest BCUT2D eigenvalue weighted by molar-refractivity contribution is 5.65. The Morgan fingerprint density at radius 2 is 2.33 bits per heavy atom. The molecular weight excluding hydrogens is 224 g/mol. The minimum absolute atomic E-state index is 0.455. The summed E-state index contributed by atoms with van der Waals surface area (Å²) in [5.41, 5.74) is 3.62. The smallest absolute Gasteiger partial charge is 0.148 e. The van der Waals surface area contributed by atoms with E-state index in [9.17, 15) is 0 Å². The van der Waals surface area contributed by atoms with E-state index in [0.717, 1.165) is 24.4 Å². The van der Waals surface area contributed by atoms with Gasteiger partial charge in [-0.3, -0.25) is 0 Å². The molecule has 0 bridgehead atoms. The average Bonchev–Trinajstić information content (AvgIpc) is 2.89. The number of hydrogen-bond acceptors (Lipinski definition) is 3. The second-order valence-corrected chi connectivity index (χ2v) is 5.02. The fraction of sp³-hybridized carbons (Fsp3) is 0.400. The first-order chi connectivity index (χ1) is 8.84. The molecule has 0 amide bonds. The zero-order chi connectivity index (χ0) is 12.4. The number of rotatable bonds is 2. The van der Waals surface area contributed by atoms with Crippen molar-refractivity contribution in [3.05, 3.63) is 41.8 Å². The second-order valence-electron chi connectivity index (χ2n) is 5.02. The third-order valence-electron chi connectivity index (χ3n) is 3.60. The van der Waals surface area contributed by atoms with E-state index >= 15 is 0 Å². The lowest BCUT2D eigenvalue weighted by molar-refractivity contribution is 0.330. The van der Waals surface area contributed by atoms with Gasteiger partial charge in [-0.1, -0.05) is 35.0 Å². The van der Waals surface area contributed by atoms with Gasteiger partial charge in [0.05, 0.1) is 6.20 Å². The van der Waals surface area contributed by atoms with Crippen molar-refractivity contribution in [1.29, 1.82) is 0 Å². The molecule has 3 nitrogen and oxygen atoms in total. The van der Waals surface area contributed by atoms with Crippen LogP contribution in [-0.2, 0) is 0 Å². The third kappa shape index (κ3) is 2.18. The minimum Gasteiger partial charge on any atom is -0.360 e. The third-order valence-corrected chi connectivity index (χ3v) is 3.60. The van der Waals surface area contributed by atoms with Gasteiger partial charge in [0, 0.05) is 18.0 Å². The zero-order valence-electron chi connectivity index (χ0n) is 10.6. The number of piperidine rings is 1. The molecule has 1 aliphatic rings. The highest BCUT2D eigenvalue weighted by atomic mass is 16.5. The number of nitrogens with one attached hydrogen (secondary N) is 1. The molecule has 0 saturated carbocycles. The van der Waals surface area contributed by atoms with Crippen LogP contribution in [0.5, 0.6) is 0 Å². The van der Waals surface area contributed by atoms with Crippen LogP contribution in [0.3, 0.4) is 0 Å². The second kappa shape index (κ2) is 4.94. The summed E-state index contributed by atoms with van der Waals surface area (Å²) in [6.07, 6.45) is 4.23. The summed E-state index contributed by atoms with van der Waals surface area (Å²) < 4.78 is 5.51. The van der Waals surface area contributed by atoms with Crippen LogP contribution in [0.1, 0.15) is 30.1 Å². The molecule has 1 saturated heterocycles. The molecule has 2 aromatic rings. The lowest BCUT2D eigenvalue weighted by Gasteiger charge is -2.21. The molecule has 1 aromatic carbocycles. The Morgan fingerprint density at radius 1 is 1.39 bits per heavy atom. The van der Waals surface area contributed by atoms with Crippen molar-refractivity contribution in [2.24, 2.45) is 0 Å². The van der Waals surface area contributed by atoms with Crippen LogP contribution in [0.25, 0.3) is 11.1 Å². The molecule has 1 atom stereocenters. The van der Waals surface area contributed by atoms with Crippen molar-refractivity contribution in [3.63, 3.8) is 0 Å². The SMILES string of the molecule is Cc1cccc(-c2cnoc2C2CCCNC2)c1.